The zero-order valence-corrected chi connectivity index (χ0v) is 10.6. The molecule has 18 heavy (non-hydrogen) atoms. The molecule has 0 radical (unpaired) electrons. The summed E-state index contributed by atoms with van der Waals surface area (Å²) in [5.74, 6) is -0.948. The average molecular weight is 253 g/mol. The van der Waals surface area contributed by atoms with Crippen LogP contribution in [0.5, 0.6) is 5.75 Å². The highest BCUT2D eigenvalue weighted by Crippen LogP contribution is 2.13. The molecule has 0 aliphatic carbocycles. The van der Waals surface area contributed by atoms with E-state index in [0.717, 1.165) is 12.8 Å². The van der Waals surface area contributed by atoms with Gasteiger partial charge in [0.2, 0.25) is 5.43 Å². The van der Waals surface area contributed by atoms with E-state index in [-0.39, 0.29) is 17.6 Å². The van der Waals surface area contributed by atoms with Crippen molar-refractivity contribution in [3.05, 3.63) is 28.2 Å². The van der Waals surface area contributed by atoms with Crippen LogP contribution in [0.25, 0.3) is 0 Å². The van der Waals surface area contributed by atoms with Crippen molar-refractivity contribution in [3.63, 3.8) is 0 Å². The Bertz CT molecular complexity index is 465. The van der Waals surface area contributed by atoms with Crippen LogP contribution in [0.1, 0.15) is 38.3 Å². The summed E-state index contributed by atoms with van der Waals surface area (Å²) in [4.78, 5) is 21.6. The third-order valence-corrected chi connectivity index (χ3v) is 2.88. The Balaban J connectivity index is 2.55. The van der Waals surface area contributed by atoms with Crippen molar-refractivity contribution in [2.24, 2.45) is 0 Å². The van der Waals surface area contributed by atoms with E-state index in [9.17, 15) is 14.7 Å². The average Bonchev–Trinajstić information content (AvgIpc) is 2.33. The van der Waals surface area contributed by atoms with Crippen LogP contribution >= 0.6 is 0 Å². The number of hydrogen-bond acceptors (Lipinski definition) is 3. The number of carboxylic acids is 1. The van der Waals surface area contributed by atoms with Gasteiger partial charge in [0.25, 0.3) is 0 Å². The van der Waals surface area contributed by atoms with Crippen LogP contribution in [-0.2, 0) is 17.8 Å². The first-order valence-corrected chi connectivity index (χ1v) is 6.19. The van der Waals surface area contributed by atoms with Gasteiger partial charge in [0.05, 0.1) is 5.69 Å². The minimum absolute atomic E-state index is 0.175. The molecule has 1 aromatic heterocycles. The van der Waals surface area contributed by atoms with Gasteiger partial charge in [0.1, 0.15) is 0 Å². The van der Waals surface area contributed by atoms with Crippen LogP contribution in [0.4, 0.5) is 0 Å². The summed E-state index contributed by atoms with van der Waals surface area (Å²) in [5.41, 5.74) is 0.287. The molecule has 5 heteroatoms. The number of aryl methyl sites for hydroxylation is 1. The van der Waals surface area contributed by atoms with Crippen molar-refractivity contribution in [1.82, 2.24) is 4.57 Å². The number of nitrogens with zero attached hydrogens (tertiary/aromatic N) is 1. The standard InChI is InChI=1S/C13H19NO4/c1-2-10-13(18)11(15)7-9-14(10)8-5-3-4-6-12(16)17/h7,9,18H,2-6,8H2,1H3,(H,16,17). The molecule has 0 spiro atoms. The third-order valence-electron chi connectivity index (χ3n) is 2.88. The SMILES string of the molecule is CCc1c(O)c(=O)ccn1CCCCCC(=O)O. The number of aromatic hydroxyl groups is 1. The predicted octanol–water partition coefficient (Wildman–Crippen LogP) is 1.76. The molecular weight excluding hydrogens is 234 g/mol. The summed E-state index contributed by atoms with van der Waals surface area (Å²) in [5, 5.41) is 18.1. The van der Waals surface area contributed by atoms with Crippen molar-refractivity contribution in [3.8, 4) is 5.75 Å². The fourth-order valence-corrected chi connectivity index (χ4v) is 1.92. The Kier molecular flexibility index (Phi) is 5.42. The zero-order valence-electron chi connectivity index (χ0n) is 10.6. The Morgan fingerprint density at radius 2 is 2.06 bits per heavy atom. The molecule has 5 nitrogen and oxygen atoms in total. The second-order valence-corrected chi connectivity index (χ2v) is 4.23. The number of rotatable bonds is 7. The highest BCUT2D eigenvalue weighted by Gasteiger charge is 2.07. The maximum absolute atomic E-state index is 11.3. The molecule has 0 aliphatic rings. The van der Waals surface area contributed by atoms with E-state index in [4.69, 9.17) is 5.11 Å². The number of pyridine rings is 1. The van der Waals surface area contributed by atoms with E-state index < -0.39 is 5.97 Å². The van der Waals surface area contributed by atoms with Crippen LogP contribution in [0.3, 0.4) is 0 Å². The summed E-state index contributed by atoms with van der Waals surface area (Å²) in [6.07, 6.45) is 4.78. The van der Waals surface area contributed by atoms with Crippen LogP contribution in [-0.4, -0.2) is 20.7 Å². The van der Waals surface area contributed by atoms with Crippen LogP contribution in [0.15, 0.2) is 17.1 Å². The monoisotopic (exact) mass is 253 g/mol. The van der Waals surface area contributed by atoms with E-state index in [1.54, 1.807) is 6.20 Å². The first-order chi connectivity index (χ1) is 8.56. The first-order valence-electron chi connectivity index (χ1n) is 6.19. The van der Waals surface area contributed by atoms with Crippen LogP contribution in [0.2, 0.25) is 0 Å². The molecule has 0 saturated carbocycles. The summed E-state index contributed by atoms with van der Waals surface area (Å²) in [7, 11) is 0. The number of aliphatic carboxylic acids is 1. The van der Waals surface area contributed by atoms with Gasteiger partial charge in [-0.25, -0.2) is 0 Å². The Labute approximate surface area is 106 Å². The molecule has 1 aromatic rings. The largest absolute Gasteiger partial charge is 0.503 e. The summed E-state index contributed by atoms with van der Waals surface area (Å²) >= 11 is 0. The van der Waals surface area contributed by atoms with Gasteiger partial charge < -0.3 is 14.8 Å². The van der Waals surface area contributed by atoms with Gasteiger partial charge in [-0.2, -0.15) is 0 Å². The van der Waals surface area contributed by atoms with Crippen molar-refractivity contribution in [2.75, 3.05) is 0 Å². The highest BCUT2D eigenvalue weighted by atomic mass is 16.4. The molecule has 0 aliphatic heterocycles. The van der Waals surface area contributed by atoms with Crippen molar-refractivity contribution >= 4 is 5.97 Å². The summed E-state index contributed by atoms with van der Waals surface area (Å²) < 4.78 is 1.86. The van der Waals surface area contributed by atoms with E-state index in [2.05, 4.69) is 0 Å². The minimum Gasteiger partial charge on any atom is -0.503 e. The van der Waals surface area contributed by atoms with Gasteiger partial charge in [-0.05, 0) is 19.3 Å². The van der Waals surface area contributed by atoms with Gasteiger partial charge in [-0.1, -0.05) is 13.3 Å². The third kappa shape index (κ3) is 3.91. The second-order valence-electron chi connectivity index (χ2n) is 4.23. The Hall–Kier alpha value is -1.78. The van der Waals surface area contributed by atoms with E-state index in [0.29, 0.717) is 25.1 Å². The topological polar surface area (TPSA) is 79.5 Å². The molecule has 0 aromatic carbocycles. The lowest BCUT2D eigenvalue weighted by atomic mass is 10.2. The maximum Gasteiger partial charge on any atom is 0.303 e. The highest BCUT2D eigenvalue weighted by molar-refractivity contribution is 5.66. The van der Waals surface area contributed by atoms with E-state index in [1.807, 2.05) is 11.5 Å². The molecule has 0 fully saturated rings. The molecule has 0 atom stereocenters. The molecule has 100 valence electrons. The molecule has 1 heterocycles. The van der Waals surface area contributed by atoms with Crippen molar-refractivity contribution in [2.45, 2.75) is 45.6 Å². The second kappa shape index (κ2) is 6.83. The van der Waals surface area contributed by atoms with Gasteiger partial charge in [0, 0.05) is 25.2 Å². The number of unbranched alkanes of at least 4 members (excludes halogenated alkanes) is 2. The van der Waals surface area contributed by atoms with E-state index in [1.165, 1.54) is 6.07 Å². The predicted molar refractivity (Wildman–Crippen MR) is 67.8 cm³/mol. The molecule has 0 amide bonds. The molecule has 1 rings (SSSR count). The normalized spacial score (nSPS) is 10.5. The van der Waals surface area contributed by atoms with Crippen LogP contribution in [0, 0.1) is 0 Å². The quantitative estimate of drug-likeness (QED) is 0.726. The molecule has 0 bridgehead atoms. The van der Waals surface area contributed by atoms with Gasteiger partial charge in [-0.15, -0.1) is 0 Å². The molecule has 0 saturated heterocycles. The molecule has 2 N–H and O–H groups in total. The first kappa shape index (κ1) is 14.3. The maximum atomic E-state index is 11.3. The lowest BCUT2D eigenvalue weighted by Crippen LogP contribution is -2.12. The smallest absolute Gasteiger partial charge is 0.303 e. The zero-order chi connectivity index (χ0) is 13.5. The van der Waals surface area contributed by atoms with Crippen molar-refractivity contribution in [1.29, 1.82) is 0 Å². The molecule has 0 unspecified atom stereocenters. The minimum atomic E-state index is -0.773. The Morgan fingerprint density at radius 1 is 1.33 bits per heavy atom. The number of carboxylic acid groups (broad SMARTS) is 1. The van der Waals surface area contributed by atoms with Gasteiger partial charge >= 0.3 is 5.97 Å². The Morgan fingerprint density at radius 3 is 2.67 bits per heavy atom. The van der Waals surface area contributed by atoms with Gasteiger partial charge in [-0.3, -0.25) is 9.59 Å². The lowest BCUT2D eigenvalue weighted by molar-refractivity contribution is -0.137. The fourth-order valence-electron chi connectivity index (χ4n) is 1.92. The number of aromatic nitrogens is 1. The van der Waals surface area contributed by atoms with Gasteiger partial charge in [0.15, 0.2) is 5.75 Å². The number of hydrogen-bond donors (Lipinski definition) is 2. The summed E-state index contributed by atoms with van der Waals surface area (Å²) in [6, 6.07) is 1.35. The summed E-state index contributed by atoms with van der Waals surface area (Å²) in [6.45, 7) is 2.58. The lowest BCUT2D eigenvalue weighted by Gasteiger charge is -2.13. The fraction of sp³-hybridized carbons (Fsp3) is 0.538. The van der Waals surface area contributed by atoms with Crippen molar-refractivity contribution < 1.29 is 15.0 Å². The number of carbonyl (C=O) groups is 1. The van der Waals surface area contributed by atoms with Crippen LogP contribution < -0.4 is 5.43 Å². The molecular formula is C13H19NO4. The van der Waals surface area contributed by atoms with E-state index >= 15 is 0 Å².